The zero-order chi connectivity index (χ0) is 15.7. The maximum atomic E-state index is 11.7. The third-order valence-electron chi connectivity index (χ3n) is 3.59. The summed E-state index contributed by atoms with van der Waals surface area (Å²) in [7, 11) is 0. The molecule has 0 saturated heterocycles. The van der Waals surface area contributed by atoms with E-state index in [0.717, 1.165) is 25.7 Å². The first kappa shape index (κ1) is 17.7. The van der Waals surface area contributed by atoms with Crippen LogP contribution in [0.3, 0.4) is 0 Å². The lowest BCUT2D eigenvalue weighted by Crippen LogP contribution is -2.28. The average molecular weight is 294 g/mol. The van der Waals surface area contributed by atoms with Gasteiger partial charge in [0.05, 0.1) is 5.56 Å². The molecule has 0 aliphatic heterocycles. The molecule has 118 valence electrons. The molecular weight excluding hydrogens is 268 g/mol. The fourth-order valence-corrected chi connectivity index (χ4v) is 1.91. The number of benzene rings is 1. The lowest BCUT2D eigenvalue weighted by molar-refractivity contribution is -0.515. The van der Waals surface area contributed by atoms with E-state index >= 15 is 0 Å². The molecule has 1 unspecified atom stereocenters. The maximum Gasteiger partial charge on any atom is 0.376 e. The molecule has 4 nitrogen and oxygen atoms in total. The van der Waals surface area contributed by atoms with E-state index in [1.165, 1.54) is 0 Å². The van der Waals surface area contributed by atoms with Crippen molar-refractivity contribution in [1.82, 2.24) is 0 Å². The van der Waals surface area contributed by atoms with E-state index in [-0.39, 0.29) is 0 Å². The van der Waals surface area contributed by atoms with E-state index < -0.39 is 11.6 Å². The largest absolute Gasteiger partial charge is 0.376 e. The van der Waals surface area contributed by atoms with Gasteiger partial charge in [0.25, 0.3) is 0 Å². The van der Waals surface area contributed by atoms with Gasteiger partial charge < -0.3 is 0 Å². The molecule has 0 radical (unpaired) electrons. The highest BCUT2D eigenvalue weighted by molar-refractivity contribution is 5.88. The fourth-order valence-electron chi connectivity index (χ4n) is 1.91. The topological polar surface area (TPSA) is 44.8 Å². The minimum atomic E-state index is -0.559. The summed E-state index contributed by atoms with van der Waals surface area (Å²) in [6.45, 7) is 8.38. The van der Waals surface area contributed by atoms with Gasteiger partial charge in [-0.05, 0) is 42.9 Å². The molecule has 1 aromatic carbocycles. The number of carbonyl (C=O) groups excluding carboxylic acids is 1. The van der Waals surface area contributed by atoms with Gasteiger partial charge in [-0.15, -0.1) is 0 Å². The van der Waals surface area contributed by atoms with Crippen LogP contribution >= 0.6 is 0 Å². The van der Waals surface area contributed by atoms with Crippen LogP contribution < -0.4 is 0 Å². The second-order valence-electron chi connectivity index (χ2n) is 5.98. The summed E-state index contributed by atoms with van der Waals surface area (Å²) in [6.07, 6.45) is 3.85. The highest BCUT2D eigenvalue weighted by Gasteiger charge is 2.25. The Morgan fingerprint density at radius 3 is 2.48 bits per heavy atom. The van der Waals surface area contributed by atoms with Crippen molar-refractivity contribution >= 4 is 5.97 Å². The summed E-state index contributed by atoms with van der Waals surface area (Å²) in [4.78, 5) is 21.7. The predicted molar refractivity (Wildman–Crippen MR) is 81.4 cm³/mol. The molecule has 0 bridgehead atoms. The molecule has 4 heteroatoms. The molecule has 0 heterocycles. The van der Waals surface area contributed by atoms with Gasteiger partial charge in [-0.1, -0.05) is 51.8 Å². The summed E-state index contributed by atoms with van der Waals surface area (Å²) in [5, 5.41) is 4.71. The fraction of sp³-hybridized carbons (Fsp3) is 0.588. The molecule has 0 aliphatic rings. The second-order valence-corrected chi connectivity index (χ2v) is 5.98. The second kappa shape index (κ2) is 8.80. The van der Waals surface area contributed by atoms with Gasteiger partial charge in [0.1, 0.15) is 5.60 Å². The Kier molecular flexibility index (Phi) is 7.40. The van der Waals surface area contributed by atoms with Gasteiger partial charge in [-0.3, -0.25) is 4.89 Å². The molecule has 0 aromatic heterocycles. The van der Waals surface area contributed by atoms with Gasteiger partial charge in [0.2, 0.25) is 0 Å². The Bertz CT molecular complexity index is 416. The third kappa shape index (κ3) is 6.74. The lowest BCUT2D eigenvalue weighted by Gasteiger charge is -2.25. The van der Waals surface area contributed by atoms with Crippen LogP contribution in [0.15, 0.2) is 30.3 Å². The number of rotatable bonds is 9. The first-order valence-electron chi connectivity index (χ1n) is 7.58. The van der Waals surface area contributed by atoms with E-state index in [0.29, 0.717) is 11.5 Å². The Hall–Kier alpha value is -1.39. The predicted octanol–water partition coefficient (Wildman–Crippen LogP) is 4.70. The van der Waals surface area contributed by atoms with E-state index in [1.54, 1.807) is 24.3 Å². The van der Waals surface area contributed by atoms with Crippen LogP contribution in [0.25, 0.3) is 0 Å². The van der Waals surface area contributed by atoms with Crippen LogP contribution in [0, 0.1) is 5.92 Å². The maximum absolute atomic E-state index is 11.7. The van der Waals surface area contributed by atoms with Crippen molar-refractivity contribution in [3.05, 3.63) is 35.9 Å². The van der Waals surface area contributed by atoms with Crippen molar-refractivity contribution in [3.63, 3.8) is 0 Å². The van der Waals surface area contributed by atoms with Gasteiger partial charge in [0.15, 0.2) is 0 Å². The Labute approximate surface area is 127 Å². The molecular formula is C17H26O4. The molecule has 0 N–H and O–H groups in total. The van der Waals surface area contributed by atoms with Crippen molar-refractivity contribution < 1.29 is 19.6 Å². The van der Waals surface area contributed by atoms with Crippen molar-refractivity contribution in [2.75, 3.05) is 0 Å². The average Bonchev–Trinajstić information content (AvgIpc) is 2.47. The van der Waals surface area contributed by atoms with E-state index in [2.05, 4.69) is 13.8 Å². The van der Waals surface area contributed by atoms with Crippen LogP contribution in [0.1, 0.15) is 63.7 Å². The van der Waals surface area contributed by atoms with E-state index in [1.807, 2.05) is 19.9 Å². The first-order valence-corrected chi connectivity index (χ1v) is 7.58. The van der Waals surface area contributed by atoms with Crippen LogP contribution in [-0.4, -0.2) is 11.6 Å². The molecule has 0 fully saturated rings. The third-order valence-corrected chi connectivity index (χ3v) is 3.59. The summed E-state index contributed by atoms with van der Waals surface area (Å²) < 4.78 is 0. The number of hydrogen-bond acceptors (Lipinski definition) is 4. The Balaban J connectivity index is 2.35. The number of hydrogen-bond donors (Lipinski definition) is 0. The molecule has 0 saturated carbocycles. The summed E-state index contributed by atoms with van der Waals surface area (Å²) in [5.41, 5.74) is -0.00890. The van der Waals surface area contributed by atoms with E-state index in [4.69, 9.17) is 14.8 Å². The molecule has 0 amide bonds. The smallest absolute Gasteiger partial charge is 0.263 e. The van der Waals surface area contributed by atoms with Crippen LogP contribution in [-0.2, 0) is 14.8 Å². The zero-order valence-corrected chi connectivity index (χ0v) is 13.4. The first-order chi connectivity index (χ1) is 9.97. The molecule has 21 heavy (non-hydrogen) atoms. The summed E-state index contributed by atoms with van der Waals surface area (Å²) >= 11 is 0. The van der Waals surface area contributed by atoms with Crippen molar-refractivity contribution in [3.8, 4) is 0 Å². The highest BCUT2D eigenvalue weighted by atomic mass is 17.5. The van der Waals surface area contributed by atoms with Crippen LogP contribution in [0.2, 0.25) is 0 Å². The Morgan fingerprint density at radius 1 is 1.24 bits per heavy atom. The van der Waals surface area contributed by atoms with Gasteiger partial charge in [-0.2, -0.15) is 4.89 Å². The Morgan fingerprint density at radius 2 is 1.90 bits per heavy atom. The van der Waals surface area contributed by atoms with Gasteiger partial charge in [0, 0.05) is 0 Å². The molecule has 1 aromatic rings. The SMILES string of the molecule is CCC(C)(CCCC(C)C)OOOC(=O)c1ccccc1. The molecule has 0 aliphatic carbocycles. The van der Waals surface area contributed by atoms with Crippen LogP contribution in [0.5, 0.6) is 0 Å². The van der Waals surface area contributed by atoms with E-state index in [9.17, 15) is 4.79 Å². The van der Waals surface area contributed by atoms with Gasteiger partial charge >= 0.3 is 5.97 Å². The lowest BCUT2D eigenvalue weighted by atomic mass is 9.94. The quantitative estimate of drug-likeness (QED) is 0.489. The minimum absolute atomic E-state index is 0.430. The van der Waals surface area contributed by atoms with Crippen LogP contribution in [0.4, 0.5) is 0 Å². The molecule has 0 spiro atoms. The molecule has 1 rings (SSSR count). The normalized spacial score (nSPS) is 14.0. The monoisotopic (exact) mass is 294 g/mol. The van der Waals surface area contributed by atoms with Gasteiger partial charge in [-0.25, -0.2) is 4.79 Å². The zero-order valence-electron chi connectivity index (χ0n) is 13.4. The number of carbonyl (C=O) groups is 1. The molecule has 1 atom stereocenters. The minimum Gasteiger partial charge on any atom is -0.263 e. The van der Waals surface area contributed by atoms with Crippen molar-refractivity contribution in [2.24, 2.45) is 5.92 Å². The standard InChI is InChI=1S/C17H26O4/c1-5-17(4,13-9-10-14(2)3)20-21-19-16(18)15-11-7-6-8-12-15/h6-8,11-12,14H,5,9-10,13H2,1-4H3. The summed E-state index contributed by atoms with van der Waals surface area (Å²) in [6, 6.07) is 8.68. The summed E-state index contributed by atoms with van der Waals surface area (Å²) in [5.74, 6) is 0.110. The highest BCUT2D eigenvalue weighted by Crippen LogP contribution is 2.24. The van der Waals surface area contributed by atoms with Crippen molar-refractivity contribution in [1.29, 1.82) is 0 Å². The van der Waals surface area contributed by atoms with Crippen molar-refractivity contribution in [2.45, 2.75) is 59.0 Å².